The molecule has 0 aromatic rings. The summed E-state index contributed by atoms with van der Waals surface area (Å²) in [7, 11) is 0. The van der Waals surface area contributed by atoms with Crippen LogP contribution in [0.5, 0.6) is 0 Å². The van der Waals surface area contributed by atoms with Crippen molar-refractivity contribution in [3.63, 3.8) is 0 Å². The smallest absolute Gasteiger partial charge is 0.306 e. The van der Waals surface area contributed by atoms with Gasteiger partial charge in [-0.2, -0.15) is 0 Å². The third kappa shape index (κ3) is 6.31. The van der Waals surface area contributed by atoms with E-state index in [1.807, 2.05) is 0 Å². The van der Waals surface area contributed by atoms with E-state index in [4.69, 9.17) is 5.11 Å². The fraction of sp³-hybridized carbons (Fsp3) is 0.800. The van der Waals surface area contributed by atoms with Crippen molar-refractivity contribution in [3.05, 3.63) is 0 Å². The van der Waals surface area contributed by atoms with Crippen LogP contribution in [0.2, 0.25) is 0 Å². The van der Waals surface area contributed by atoms with E-state index >= 15 is 0 Å². The minimum atomic E-state index is -0.841. The number of ketones is 1. The summed E-state index contributed by atoms with van der Waals surface area (Å²) in [5.41, 5.74) is 0. The molecule has 0 aromatic heterocycles. The summed E-state index contributed by atoms with van der Waals surface area (Å²) < 4.78 is 0. The van der Waals surface area contributed by atoms with E-state index in [9.17, 15) is 9.59 Å². The number of carbonyl (C=O) groups excluding carboxylic acids is 1. The Morgan fingerprint density at radius 1 is 1.31 bits per heavy atom. The first-order chi connectivity index (χ1) is 6.07. The van der Waals surface area contributed by atoms with Gasteiger partial charge < -0.3 is 9.90 Å². The van der Waals surface area contributed by atoms with Crippen molar-refractivity contribution in [1.29, 1.82) is 0 Å². The lowest BCUT2D eigenvalue weighted by Gasteiger charge is -2.09. The predicted molar refractivity (Wildman–Crippen MR) is 50.6 cm³/mol. The van der Waals surface area contributed by atoms with Gasteiger partial charge >= 0.3 is 5.97 Å². The van der Waals surface area contributed by atoms with Crippen LogP contribution in [0.4, 0.5) is 0 Å². The fourth-order valence-electron chi connectivity index (χ4n) is 1.30. The number of carbonyl (C=O) groups is 2. The maximum Gasteiger partial charge on any atom is 0.306 e. The van der Waals surface area contributed by atoms with Crippen LogP contribution in [0.1, 0.15) is 46.0 Å². The number of hydrogen-bond acceptors (Lipinski definition) is 2. The number of unbranched alkanes of at least 4 members (excludes halogenated alkanes) is 2. The summed E-state index contributed by atoms with van der Waals surface area (Å²) in [6.07, 6.45) is 3.83. The molecule has 1 atom stereocenters. The normalized spacial score (nSPS) is 12.5. The van der Waals surface area contributed by atoms with E-state index in [-0.39, 0.29) is 12.2 Å². The van der Waals surface area contributed by atoms with Gasteiger partial charge in [0.2, 0.25) is 0 Å². The van der Waals surface area contributed by atoms with E-state index in [0.717, 1.165) is 19.3 Å². The second-order valence-electron chi connectivity index (χ2n) is 3.44. The van der Waals surface area contributed by atoms with Crippen LogP contribution in [0.3, 0.4) is 0 Å². The van der Waals surface area contributed by atoms with E-state index in [0.29, 0.717) is 6.42 Å². The van der Waals surface area contributed by atoms with Crippen molar-refractivity contribution < 1.29 is 14.7 Å². The number of carboxylic acid groups (broad SMARTS) is 1. The molecule has 3 nitrogen and oxygen atoms in total. The Morgan fingerprint density at radius 2 is 1.92 bits per heavy atom. The lowest BCUT2D eigenvalue weighted by molar-refractivity contribution is -0.143. The Kier molecular flexibility index (Phi) is 6.20. The van der Waals surface area contributed by atoms with Crippen molar-refractivity contribution in [1.82, 2.24) is 0 Å². The molecule has 0 aliphatic rings. The molecular formula is C10H18O3. The monoisotopic (exact) mass is 186 g/mol. The quantitative estimate of drug-likeness (QED) is 0.620. The standard InChI is InChI=1S/C10H18O3/c1-3-4-5-6-9(10(12)13)7-8(2)11/h9H,3-7H2,1-2H3,(H,12,13). The van der Waals surface area contributed by atoms with Gasteiger partial charge in [-0.15, -0.1) is 0 Å². The first kappa shape index (κ1) is 12.1. The molecule has 0 fully saturated rings. The Balaban J connectivity index is 3.81. The van der Waals surface area contributed by atoms with Crippen molar-refractivity contribution in [3.8, 4) is 0 Å². The van der Waals surface area contributed by atoms with Crippen LogP contribution in [0, 0.1) is 5.92 Å². The lowest BCUT2D eigenvalue weighted by Crippen LogP contribution is -2.16. The van der Waals surface area contributed by atoms with E-state index in [1.165, 1.54) is 6.92 Å². The van der Waals surface area contributed by atoms with Crippen molar-refractivity contribution in [2.45, 2.75) is 46.0 Å². The third-order valence-electron chi connectivity index (χ3n) is 2.04. The van der Waals surface area contributed by atoms with Crippen LogP contribution < -0.4 is 0 Å². The highest BCUT2D eigenvalue weighted by atomic mass is 16.4. The highest BCUT2D eigenvalue weighted by molar-refractivity contribution is 5.81. The Hall–Kier alpha value is -0.860. The summed E-state index contributed by atoms with van der Waals surface area (Å²) in [5, 5.41) is 8.77. The fourth-order valence-corrected chi connectivity index (χ4v) is 1.30. The zero-order valence-electron chi connectivity index (χ0n) is 8.38. The van der Waals surface area contributed by atoms with Gasteiger partial charge in [0, 0.05) is 6.42 Å². The second kappa shape index (κ2) is 6.63. The molecule has 0 heterocycles. The van der Waals surface area contributed by atoms with Gasteiger partial charge in [-0.25, -0.2) is 0 Å². The van der Waals surface area contributed by atoms with Gasteiger partial charge in [-0.3, -0.25) is 4.79 Å². The molecule has 0 saturated heterocycles. The van der Waals surface area contributed by atoms with Crippen LogP contribution in [-0.4, -0.2) is 16.9 Å². The molecule has 0 aliphatic heterocycles. The number of carboxylic acids is 1. The van der Waals surface area contributed by atoms with Gasteiger partial charge in [0.25, 0.3) is 0 Å². The van der Waals surface area contributed by atoms with E-state index in [1.54, 1.807) is 0 Å². The first-order valence-corrected chi connectivity index (χ1v) is 4.80. The molecule has 0 aliphatic carbocycles. The summed E-state index contributed by atoms with van der Waals surface area (Å²) in [4.78, 5) is 21.4. The van der Waals surface area contributed by atoms with Gasteiger partial charge in [0.05, 0.1) is 5.92 Å². The van der Waals surface area contributed by atoms with Crippen molar-refractivity contribution >= 4 is 11.8 Å². The molecule has 0 aromatic carbocycles. The minimum Gasteiger partial charge on any atom is -0.481 e. The second-order valence-corrected chi connectivity index (χ2v) is 3.44. The Labute approximate surface area is 79.1 Å². The summed E-state index contributed by atoms with van der Waals surface area (Å²) >= 11 is 0. The molecule has 0 radical (unpaired) electrons. The topological polar surface area (TPSA) is 54.4 Å². The average molecular weight is 186 g/mol. The van der Waals surface area contributed by atoms with Crippen LogP contribution in [0.25, 0.3) is 0 Å². The SMILES string of the molecule is CCCCCC(CC(C)=O)C(=O)O. The van der Waals surface area contributed by atoms with Gasteiger partial charge in [-0.05, 0) is 13.3 Å². The molecule has 0 rings (SSSR count). The zero-order chi connectivity index (χ0) is 10.3. The molecule has 0 saturated carbocycles. The number of Topliss-reactive ketones (excluding diaryl/α,β-unsaturated/α-hetero) is 1. The molecule has 1 unspecified atom stereocenters. The summed E-state index contributed by atoms with van der Waals surface area (Å²) in [5.74, 6) is -1.35. The number of aliphatic carboxylic acids is 1. The summed E-state index contributed by atoms with van der Waals surface area (Å²) in [6.45, 7) is 3.51. The molecule has 13 heavy (non-hydrogen) atoms. The molecule has 0 amide bonds. The van der Waals surface area contributed by atoms with Crippen LogP contribution in [-0.2, 0) is 9.59 Å². The molecule has 0 bridgehead atoms. The number of rotatable bonds is 7. The van der Waals surface area contributed by atoms with Crippen molar-refractivity contribution in [2.75, 3.05) is 0 Å². The molecular weight excluding hydrogens is 168 g/mol. The lowest BCUT2D eigenvalue weighted by atomic mass is 9.96. The molecule has 3 heteroatoms. The van der Waals surface area contributed by atoms with Gasteiger partial charge in [-0.1, -0.05) is 26.2 Å². The van der Waals surface area contributed by atoms with Crippen molar-refractivity contribution in [2.24, 2.45) is 5.92 Å². The first-order valence-electron chi connectivity index (χ1n) is 4.80. The predicted octanol–water partition coefficient (Wildman–Crippen LogP) is 2.25. The third-order valence-corrected chi connectivity index (χ3v) is 2.04. The minimum absolute atomic E-state index is 0.0381. The maximum absolute atomic E-state index is 10.7. The highest BCUT2D eigenvalue weighted by Gasteiger charge is 2.18. The molecule has 1 N–H and O–H groups in total. The van der Waals surface area contributed by atoms with E-state index < -0.39 is 11.9 Å². The van der Waals surface area contributed by atoms with E-state index in [2.05, 4.69) is 6.92 Å². The highest BCUT2D eigenvalue weighted by Crippen LogP contribution is 2.14. The van der Waals surface area contributed by atoms with Gasteiger partial charge in [0.1, 0.15) is 5.78 Å². The van der Waals surface area contributed by atoms with Crippen LogP contribution >= 0.6 is 0 Å². The Bertz CT molecular complexity index is 175. The average Bonchev–Trinajstić information content (AvgIpc) is 2.02. The largest absolute Gasteiger partial charge is 0.481 e. The Morgan fingerprint density at radius 3 is 2.31 bits per heavy atom. The molecule has 0 spiro atoms. The number of hydrogen-bond donors (Lipinski definition) is 1. The zero-order valence-corrected chi connectivity index (χ0v) is 8.38. The summed E-state index contributed by atoms with van der Waals surface area (Å²) in [6, 6.07) is 0. The molecule has 76 valence electrons. The van der Waals surface area contributed by atoms with Crippen LogP contribution in [0.15, 0.2) is 0 Å². The van der Waals surface area contributed by atoms with Gasteiger partial charge in [0.15, 0.2) is 0 Å². The maximum atomic E-state index is 10.7.